The highest BCUT2D eigenvalue weighted by atomic mass is 16.5. The van der Waals surface area contributed by atoms with Gasteiger partial charge in [-0.3, -0.25) is 10.5 Å². The Morgan fingerprint density at radius 3 is 2.83 bits per heavy atom. The van der Waals surface area contributed by atoms with Crippen LogP contribution in [0.2, 0.25) is 0 Å². The highest BCUT2D eigenvalue weighted by Gasteiger charge is 2.17. The minimum Gasteiger partial charge on any atom is -0.394 e. The van der Waals surface area contributed by atoms with E-state index in [-0.39, 0.29) is 24.6 Å². The average molecular weight is 255 g/mol. The van der Waals surface area contributed by atoms with Crippen molar-refractivity contribution in [3.05, 3.63) is 22.5 Å². The summed E-state index contributed by atoms with van der Waals surface area (Å²) in [5.41, 5.74) is 5.68. The van der Waals surface area contributed by atoms with Gasteiger partial charge in [-0.15, -0.1) is 0 Å². The summed E-state index contributed by atoms with van der Waals surface area (Å²) in [6.07, 6.45) is -0.539. The predicted octanol–water partition coefficient (Wildman–Crippen LogP) is -2.03. The highest BCUT2D eigenvalue weighted by Crippen LogP contribution is 2.09. The number of nitrogens with two attached hydrogens (primary N) is 1. The molecule has 18 heavy (non-hydrogen) atoms. The van der Waals surface area contributed by atoms with Crippen LogP contribution in [0.3, 0.4) is 0 Å². The van der Waals surface area contributed by atoms with Gasteiger partial charge in [0.05, 0.1) is 19.5 Å². The van der Waals surface area contributed by atoms with E-state index in [4.69, 9.17) is 20.7 Å². The molecule has 0 amide bonds. The first kappa shape index (κ1) is 12.6. The van der Waals surface area contributed by atoms with Gasteiger partial charge in [0.2, 0.25) is 0 Å². The molecular weight excluding hydrogens is 242 g/mol. The maximum Gasteiger partial charge on any atom is 0.301 e. The Balaban J connectivity index is 2.27. The molecule has 2 rings (SSSR count). The van der Waals surface area contributed by atoms with Gasteiger partial charge in [-0.2, -0.15) is 4.98 Å². The molecular formula is C9H13N5O4. The molecule has 0 fully saturated rings. The minimum absolute atomic E-state index is 0.0867. The first-order chi connectivity index (χ1) is 8.65. The Morgan fingerprint density at radius 1 is 1.44 bits per heavy atom. The number of hydrogen-bond acceptors (Lipinski definition) is 7. The lowest BCUT2D eigenvalue weighted by molar-refractivity contribution is -0.0653. The molecule has 0 saturated heterocycles. The fourth-order valence-electron chi connectivity index (χ4n) is 1.42. The summed E-state index contributed by atoms with van der Waals surface area (Å²) in [6, 6.07) is 0. The quantitative estimate of drug-likeness (QED) is 0.386. The molecule has 0 aliphatic rings. The summed E-state index contributed by atoms with van der Waals surface area (Å²) >= 11 is 0. The van der Waals surface area contributed by atoms with E-state index >= 15 is 0 Å². The van der Waals surface area contributed by atoms with E-state index in [0.29, 0.717) is 5.65 Å². The van der Waals surface area contributed by atoms with Crippen LogP contribution >= 0.6 is 0 Å². The van der Waals surface area contributed by atoms with Gasteiger partial charge in [0.25, 0.3) is 0 Å². The molecule has 0 bridgehead atoms. The van der Waals surface area contributed by atoms with Gasteiger partial charge in [0, 0.05) is 0 Å². The molecule has 0 aliphatic carbocycles. The molecule has 0 radical (unpaired) electrons. The van der Waals surface area contributed by atoms with Crippen LogP contribution in [-0.2, 0) is 4.74 Å². The van der Waals surface area contributed by atoms with Crippen LogP contribution in [0.4, 0.5) is 0 Å². The second-order valence-electron chi connectivity index (χ2n) is 3.60. The van der Waals surface area contributed by atoms with Crippen LogP contribution in [0.1, 0.15) is 12.1 Å². The highest BCUT2D eigenvalue weighted by molar-refractivity contribution is 5.67. The Morgan fingerprint density at radius 2 is 2.17 bits per heavy atom. The monoisotopic (exact) mass is 255 g/mol. The molecule has 98 valence electrons. The SMILES string of the molecule is NC(OC(CO)CO)c1nc(=O)c2nc[nH]c2[nH]1. The topological polar surface area (TPSA) is 150 Å². The number of aromatic nitrogens is 4. The van der Waals surface area contributed by atoms with Gasteiger partial charge in [0.1, 0.15) is 11.8 Å². The molecule has 2 heterocycles. The van der Waals surface area contributed by atoms with Crippen molar-refractivity contribution in [1.29, 1.82) is 0 Å². The van der Waals surface area contributed by atoms with E-state index in [1.807, 2.05) is 0 Å². The van der Waals surface area contributed by atoms with Gasteiger partial charge >= 0.3 is 5.56 Å². The number of imidazole rings is 1. The van der Waals surface area contributed by atoms with Crippen molar-refractivity contribution in [3.63, 3.8) is 0 Å². The van der Waals surface area contributed by atoms with Crippen molar-refractivity contribution >= 4 is 11.2 Å². The number of nitrogens with one attached hydrogen (secondary N) is 2. The van der Waals surface area contributed by atoms with Crippen LogP contribution in [-0.4, -0.2) is 49.5 Å². The van der Waals surface area contributed by atoms with Crippen molar-refractivity contribution in [2.75, 3.05) is 13.2 Å². The number of aromatic amines is 2. The second kappa shape index (κ2) is 5.23. The number of rotatable bonds is 5. The maximum absolute atomic E-state index is 11.6. The lowest BCUT2D eigenvalue weighted by Crippen LogP contribution is -2.30. The summed E-state index contributed by atoms with van der Waals surface area (Å²) in [5, 5.41) is 17.7. The lowest BCUT2D eigenvalue weighted by Gasteiger charge is -2.17. The Labute approximate surface area is 101 Å². The third kappa shape index (κ3) is 2.38. The summed E-state index contributed by atoms with van der Waals surface area (Å²) in [7, 11) is 0. The van der Waals surface area contributed by atoms with Gasteiger partial charge in [0.15, 0.2) is 17.6 Å². The third-order valence-corrected chi connectivity index (χ3v) is 2.33. The number of nitrogens with zero attached hydrogens (tertiary/aromatic N) is 2. The smallest absolute Gasteiger partial charge is 0.301 e. The number of aliphatic hydroxyl groups is 2. The van der Waals surface area contributed by atoms with Gasteiger partial charge in [-0.25, -0.2) is 4.98 Å². The fourth-order valence-corrected chi connectivity index (χ4v) is 1.42. The van der Waals surface area contributed by atoms with E-state index in [2.05, 4.69) is 19.9 Å². The van der Waals surface area contributed by atoms with E-state index in [1.165, 1.54) is 6.33 Å². The molecule has 9 heteroatoms. The number of H-pyrrole nitrogens is 2. The zero-order valence-corrected chi connectivity index (χ0v) is 9.33. The van der Waals surface area contributed by atoms with E-state index in [9.17, 15) is 4.79 Å². The summed E-state index contributed by atoms with van der Waals surface area (Å²) in [6.45, 7) is -0.776. The van der Waals surface area contributed by atoms with Gasteiger partial charge in [-0.1, -0.05) is 0 Å². The van der Waals surface area contributed by atoms with E-state index in [0.717, 1.165) is 0 Å². The molecule has 0 aliphatic heterocycles. The minimum atomic E-state index is -1.06. The lowest BCUT2D eigenvalue weighted by atomic mass is 10.4. The first-order valence-corrected chi connectivity index (χ1v) is 5.21. The third-order valence-electron chi connectivity index (χ3n) is 2.33. The van der Waals surface area contributed by atoms with Crippen LogP contribution in [0.25, 0.3) is 11.2 Å². The second-order valence-corrected chi connectivity index (χ2v) is 3.60. The summed E-state index contributed by atoms with van der Waals surface area (Å²) in [4.78, 5) is 24.5. The number of fused-ring (bicyclic) bond motifs is 1. The van der Waals surface area contributed by atoms with Crippen LogP contribution < -0.4 is 11.3 Å². The molecule has 1 atom stereocenters. The zero-order chi connectivity index (χ0) is 13.1. The van der Waals surface area contributed by atoms with Gasteiger partial charge < -0.3 is 24.9 Å². The van der Waals surface area contributed by atoms with Crippen LogP contribution in [0.5, 0.6) is 0 Å². The predicted molar refractivity (Wildman–Crippen MR) is 60.5 cm³/mol. The maximum atomic E-state index is 11.6. The average Bonchev–Trinajstić information content (AvgIpc) is 2.84. The number of aliphatic hydroxyl groups excluding tert-OH is 2. The zero-order valence-electron chi connectivity index (χ0n) is 9.33. The normalized spacial score (nSPS) is 13.3. The Kier molecular flexibility index (Phi) is 3.67. The molecule has 0 spiro atoms. The largest absolute Gasteiger partial charge is 0.394 e. The molecule has 0 aromatic carbocycles. The van der Waals surface area contributed by atoms with Crippen molar-refractivity contribution in [2.45, 2.75) is 12.3 Å². The summed E-state index contributed by atoms with van der Waals surface area (Å²) in [5.74, 6) is 0.0867. The van der Waals surface area contributed by atoms with Gasteiger partial charge in [-0.05, 0) is 0 Å². The molecule has 9 nitrogen and oxygen atoms in total. The number of hydrogen-bond donors (Lipinski definition) is 5. The molecule has 2 aromatic heterocycles. The number of ether oxygens (including phenoxy) is 1. The van der Waals surface area contributed by atoms with Crippen molar-refractivity contribution < 1.29 is 14.9 Å². The van der Waals surface area contributed by atoms with Crippen LogP contribution in [0.15, 0.2) is 11.1 Å². The van der Waals surface area contributed by atoms with Crippen molar-refractivity contribution in [2.24, 2.45) is 5.73 Å². The standard InChI is InChI=1S/C9H13N5O4/c10-6(18-4(1-15)2-16)8-13-7-5(9(17)14-8)11-3-12-7/h3-4,6,15-16H,1-2,10H2,(H2,11,12,13,14,17). The first-order valence-electron chi connectivity index (χ1n) is 5.21. The Bertz CT molecular complexity index is 576. The molecule has 6 N–H and O–H groups in total. The fraction of sp³-hybridized carbons (Fsp3) is 0.444. The molecule has 2 aromatic rings. The molecule has 1 unspecified atom stereocenters. The van der Waals surface area contributed by atoms with E-state index in [1.54, 1.807) is 0 Å². The Hall–Kier alpha value is -1.81. The van der Waals surface area contributed by atoms with Crippen LogP contribution in [0, 0.1) is 0 Å². The van der Waals surface area contributed by atoms with E-state index < -0.39 is 17.9 Å². The van der Waals surface area contributed by atoms with Crippen molar-refractivity contribution in [1.82, 2.24) is 19.9 Å². The van der Waals surface area contributed by atoms with Crippen molar-refractivity contribution in [3.8, 4) is 0 Å². The molecule has 0 saturated carbocycles. The summed E-state index contributed by atoms with van der Waals surface area (Å²) < 4.78 is 5.13.